The van der Waals surface area contributed by atoms with Gasteiger partial charge in [-0.15, -0.1) is 0 Å². The van der Waals surface area contributed by atoms with Crippen LogP contribution in [0.15, 0.2) is 0 Å². The van der Waals surface area contributed by atoms with Gasteiger partial charge in [-0.3, -0.25) is 4.79 Å². The summed E-state index contributed by atoms with van der Waals surface area (Å²) in [7, 11) is 1.64. The first-order valence-electron chi connectivity index (χ1n) is 5.20. The number of amides is 1. The highest BCUT2D eigenvalue weighted by Crippen LogP contribution is 2.21. The van der Waals surface area contributed by atoms with E-state index in [0.29, 0.717) is 19.8 Å². The number of nitrogens with one attached hydrogen (secondary N) is 2. The first-order chi connectivity index (χ1) is 7.72. The SMILES string of the molecule is COC1(CNCC(=O)NCC#N)CCOC1. The summed E-state index contributed by atoms with van der Waals surface area (Å²) in [6.45, 7) is 2.04. The standard InChI is InChI=1S/C10H17N3O3/c1-15-10(2-5-16-8-10)7-12-6-9(14)13-4-3-11/h12H,2,4-8H2,1H3,(H,13,14). The summed E-state index contributed by atoms with van der Waals surface area (Å²) >= 11 is 0. The molecule has 0 aliphatic carbocycles. The Morgan fingerprint density at radius 3 is 3.06 bits per heavy atom. The molecule has 1 atom stereocenters. The highest BCUT2D eigenvalue weighted by atomic mass is 16.5. The molecule has 1 aliphatic heterocycles. The number of ether oxygens (including phenoxy) is 2. The van der Waals surface area contributed by atoms with Crippen LogP contribution in [-0.4, -0.2) is 51.5 Å². The first-order valence-corrected chi connectivity index (χ1v) is 5.20. The van der Waals surface area contributed by atoms with Crippen molar-refractivity contribution in [1.29, 1.82) is 5.26 Å². The van der Waals surface area contributed by atoms with Gasteiger partial charge in [-0.1, -0.05) is 0 Å². The third-order valence-electron chi connectivity index (χ3n) is 2.60. The van der Waals surface area contributed by atoms with Crippen molar-refractivity contribution in [3.8, 4) is 6.07 Å². The van der Waals surface area contributed by atoms with Gasteiger partial charge >= 0.3 is 0 Å². The normalized spacial score (nSPS) is 24.0. The van der Waals surface area contributed by atoms with Gasteiger partial charge in [0.1, 0.15) is 12.1 Å². The van der Waals surface area contributed by atoms with E-state index >= 15 is 0 Å². The van der Waals surface area contributed by atoms with Crippen LogP contribution < -0.4 is 10.6 Å². The van der Waals surface area contributed by atoms with E-state index in [4.69, 9.17) is 14.7 Å². The zero-order chi connectivity index (χ0) is 11.9. The maximum Gasteiger partial charge on any atom is 0.234 e. The van der Waals surface area contributed by atoms with Gasteiger partial charge in [0.2, 0.25) is 5.91 Å². The molecule has 6 heteroatoms. The van der Waals surface area contributed by atoms with Crippen LogP contribution in [0.25, 0.3) is 0 Å². The van der Waals surface area contributed by atoms with Crippen molar-refractivity contribution in [3.05, 3.63) is 0 Å². The lowest BCUT2D eigenvalue weighted by Gasteiger charge is -2.25. The van der Waals surface area contributed by atoms with E-state index in [1.165, 1.54) is 0 Å². The minimum atomic E-state index is -0.310. The minimum absolute atomic E-state index is 0.0407. The van der Waals surface area contributed by atoms with Crippen LogP contribution >= 0.6 is 0 Å². The Labute approximate surface area is 94.9 Å². The lowest BCUT2D eigenvalue weighted by atomic mass is 10.0. The fourth-order valence-corrected chi connectivity index (χ4v) is 1.57. The predicted octanol–water partition coefficient (Wildman–Crippen LogP) is -0.979. The van der Waals surface area contributed by atoms with Crippen molar-refractivity contribution in [2.75, 3.05) is 40.0 Å². The number of methoxy groups -OCH3 is 1. The van der Waals surface area contributed by atoms with Crippen molar-refractivity contribution in [2.45, 2.75) is 12.0 Å². The Morgan fingerprint density at radius 2 is 2.50 bits per heavy atom. The number of nitriles is 1. The maximum absolute atomic E-state index is 11.2. The molecule has 90 valence electrons. The molecule has 0 radical (unpaired) electrons. The van der Waals surface area contributed by atoms with Crippen LogP contribution in [0, 0.1) is 11.3 Å². The van der Waals surface area contributed by atoms with Crippen molar-refractivity contribution in [1.82, 2.24) is 10.6 Å². The molecule has 0 saturated carbocycles. The molecule has 1 heterocycles. The molecule has 1 rings (SSSR count). The molecule has 0 bridgehead atoms. The monoisotopic (exact) mass is 227 g/mol. The molecule has 2 N–H and O–H groups in total. The van der Waals surface area contributed by atoms with Gasteiger partial charge < -0.3 is 20.1 Å². The van der Waals surface area contributed by atoms with Gasteiger partial charge in [-0.25, -0.2) is 0 Å². The van der Waals surface area contributed by atoms with Gasteiger partial charge in [0.15, 0.2) is 0 Å². The molecule has 0 aromatic rings. The summed E-state index contributed by atoms with van der Waals surface area (Å²) in [5, 5.41) is 13.7. The van der Waals surface area contributed by atoms with E-state index in [1.807, 2.05) is 6.07 Å². The highest BCUT2D eigenvalue weighted by molar-refractivity contribution is 5.78. The third kappa shape index (κ3) is 3.77. The molecule has 1 amide bonds. The van der Waals surface area contributed by atoms with E-state index in [-0.39, 0.29) is 24.6 Å². The van der Waals surface area contributed by atoms with E-state index in [2.05, 4.69) is 10.6 Å². The van der Waals surface area contributed by atoms with Gasteiger partial charge in [-0.05, 0) is 0 Å². The van der Waals surface area contributed by atoms with Crippen molar-refractivity contribution in [2.24, 2.45) is 0 Å². The Kier molecular flexibility index (Phi) is 5.19. The molecule has 0 aromatic carbocycles. The van der Waals surface area contributed by atoms with Gasteiger partial charge in [0, 0.05) is 26.7 Å². The fourth-order valence-electron chi connectivity index (χ4n) is 1.57. The van der Waals surface area contributed by atoms with Crippen LogP contribution in [0.5, 0.6) is 0 Å². The van der Waals surface area contributed by atoms with E-state index in [0.717, 1.165) is 6.42 Å². The number of rotatable bonds is 6. The lowest BCUT2D eigenvalue weighted by molar-refractivity contribution is -0.120. The van der Waals surface area contributed by atoms with Crippen LogP contribution in [0.2, 0.25) is 0 Å². The summed E-state index contributed by atoms with van der Waals surface area (Å²) in [6.07, 6.45) is 0.830. The summed E-state index contributed by atoms with van der Waals surface area (Å²) in [4.78, 5) is 11.2. The highest BCUT2D eigenvalue weighted by Gasteiger charge is 2.34. The topological polar surface area (TPSA) is 83.4 Å². The zero-order valence-corrected chi connectivity index (χ0v) is 9.41. The summed E-state index contributed by atoms with van der Waals surface area (Å²) in [5.74, 6) is -0.188. The average molecular weight is 227 g/mol. The Hall–Kier alpha value is -1.16. The zero-order valence-electron chi connectivity index (χ0n) is 9.41. The molecule has 1 unspecified atom stereocenters. The van der Waals surface area contributed by atoms with E-state index in [9.17, 15) is 4.79 Å². The van der Waals surface area contributed by atoms with Crippen LogP contribution in [0.4, 0.5) is 0 Å². The maximum atomic E-state index is 11.2. The van der Waals surface area contributed by atoms with Crippen LogP contribution in [-0.2, 0) is 14.3 Å². The third-order valence-corrected chi connectivity index (χ3v) is 2.60. The Bertz CT molecular complexity index is 269. The molecule has 1 fully saturated rings. The van der Waals surface area contributed by atoms with Gasteiger partial charge in [0.05, 0.1) is 19.2 Å². The second-order valence-electron chi connectivity index (χ2n) is 3.73. The molecule has 6 nitrogen and oxygen atoms in total. The molecule has 1 aliphatic rings. The number of hydrogen-bond acceptors (Lipinski definition) is 5. The fraction of sp³-hybridized carbons (Fsp3) is 0.800. The quantitative estimate of drug-likeness (QED) is 0.570. The van der Waals surface area contributed by atoms with Crippen molar-refractivity contribution >= 4 is 5.91 Å². The first kappa shape index (κ1) is 12.9. The average Bonchev–Trinajstić information content (AvgIpc) is 2.76. The summed E-state index contributed by atoms with van der Waals surface area (Å²) in [5.41, 5.74) is -0.310. The van der Waals surface area contributed by atoms with Crippen molar-refractivity contribution in [3.63, 3.8) is 0 Å². The number of carbonyl (C=O) groups excluding carboxylic acids is 1. The number of nitrogens with zero attached hydrogens (tertiary/aromatic N) is 1. The van der Waals surface area contributed by atoms with E-state index < -0.39 is 0 Å². The minimum Gasteiger partial charge on any atom is -0.378 e. The molecule has 0 spiro atoms. The molecular formula is C10H17N3O3. The number of hydrogen-bond donors (Lipinski definition) is 2. The van der Waals surface area contributed by atoms with Gasteiger partial charge in [0.25, 0.3) is 0 Å². The van der Waals surface area contributed by atoms with Crippen molar-refractivity contribution < 1.29 is 14.3 Å². The summed E-state index contributed by atoms with van der Waals surface area (Å²) in [6, 6.07) is 1.84. The van der Waals surface area contributed by atoms with Gasteiger partial charge in [-0.2, -0.15) is 5.26 Å². The smallest absolute Gasteiger partial charge is 0.234 e. The molecule has 1 saturated heterocycles. The molecule has 16 heavy (non-hydrogen) atoms. The molecule has 0 aromatic heterocycles. The predicted molar refractivity (Wildman–Crippen MR) is 56.7 cm³/mol. The Balaban J connectivity index is 2.19. The largest absolute Gasteiger partial charge is 0.378 e. The Morgan fingerprint density at radius 1 is 1.69 bits per heavy atom. The second-order valence-corrected chi connectivity index (χ2v) is 3.73. The van der Waals surface area contributed by atoms with E-state index in [1.54, 1.807) is 7.11 Å². The lowest BCUT2D eigenvalue weighted by Crippen LogP contribution is -2.46. The molecular weight excluding hydrogens is 210 g/mol. The number of carbonyl (C=O) groups is 1. The second kappa shape index (κ2) is 6.43. The van der Waals surface area contributed by atoms with Crippen LogP contribution in [0.1, 0.15) is 6.42 Å². The summed E-state index contributed by atoms with van der Waals surface area (Å²) < 4.78 is 10.7. The van der Waals surface area contributed by atoms with Crippen LogP contribution in [0.3, 0.4) is 0 Å².